The molecule has 1 aromatic rings. The highest BCUT2D eigenvalue weighted by molar-refractivity contribution is 6.31. The maximum Gasteiger partial charge on any atom is 0.450 e. The number of hydrogen-bond acceptors (Lipinski definition) is 1. The van der Waals surface area contributed by atoms with Crippen molar-refractivity contribution in [3.63, 3.8) is 0 Å². The largest absolute Gasteiger partial charge is 0.450 e. The Labute approximate surface area is 91.8 Å². The number of alkyl halides is 3. The highest BCUT2D eigenvalue weighted by Gasteiger charge is 2.38. The van der Waals surface area contributed by atoms with Gasteiger partial charge in [-0.3, -0.25) is 4.79 Å². The molecule has 0 aromatic heterocycles. The van der Waals surface area contributed by atoms with Crippen LogP contribution in [0.3, 0.4) is 0 Å². The number of rotatable bonds is 2. The Morgan fingerprint density at radius 3 is 2.19 bits per heavy atom. The molecule has 7 heteroatoms. The van der Waals surface area contributed by atoms with Gasteiger partial charge in [-0.2, -0.15) is 13.2 Å². The lowest BCUT2D eigenvalue weighted by molar-refractivity contribution is -0.170. The molecular formula is C9H4ClF5O. The van der Waals surface area contributed by atoms with Crippen molar-refractivity contribution in [2.45, 2.75) is 12.6 Å². The van der Waals surface area contributed by atoms with E-state index >= 15 is 0 Å². The van der Waals surface area contributed by atoms with E-state index < -0.39 is 40.6 Å². The number of halogens is 6. The summed E-state index contributed by atoms with van der Waals surface area (Å²) >= 11 is 5.26. The van der Waals surface area contributed by atoms with Gasteiger partial charge in [-0.25, -0.2) is 8.78 Å². The molecule has 0 N–H and O–H groups in total. The molecule has 0 atom stereocenters. The van der Waals surface area contributed by atoms with Crippen LogP contribution in [0.4, 0.5) is 22.0 Å². The summed E-state index contributed by atoms with van der Waals surface area (Å²) in [6.45, 7) is 0. The van der Waals surface area contributed by atoms with E-state index in [9.17, 15) is 26.7 Å². The van der Waals surface area contributed by atoms with E-state index in [2.05, 4.69) is 0 Å². The molecule has 0 unspecified atom stereocenters. The van der Waals surface area contributed by atoms with Crippen molar-refractivity contribution < 1.29 is 26.7 Å². The van der Waals surface area contributed by atoms with Crippen molar-refractivity contribution in [2.24, 2.45) is 0 Å². The second-order valence-electron chi connectivity index (χ2n) is 2.92. The Morgan fingerprint density at radius 1 is 1.19 bits per heavy atom. The number of carbonyl (C=O) groups is 1. The molecule has 0 radical (unpaired) electrons. The predicted octanol–water partition coefficient (Wildman–Crippen LogP) is 3.29. The molecule has 0 saturated heterocycles. The highest BCUT2D eigenvalue weighted by atomic mass is 35.5. The molecule has 0 aliphatic carbocycles. The summed E-state index contributed by atoms with van der Waals surface area (Å²) in [5.41, 5.74) is -0.788. The zero-order valence-electron chi connectivity index (χ0n) is 7.54. The fourth-order valence-corrected chi connectivity index (χ4v) is 1.21. The molecule has 0 aliphatic heterocycles. The number of benzene rings is 1. The molecule has 0 bridgehead atoms. The molecule has 0 spiro atoms. The van der Waals surface area contributed by atoms with Crippen LogP contribution in [-0.2, 0) is 11.2 Å². The molecule has 1 rings (SSSR count). The third-order valence-corrected chi connectivity index (χ3v) is 2.20. The summed E-state index contributed by atoms with van der Waals surface area (Å²) in [5.74, 6) is -4.41. The molecular weight excluding hydrogens is 255 g/mol. The standard InChI is InChI=1S/C9H4ClF5O/c10-8-4(3-7(16)9(13,14)15)5(11)1-2-6(8)12/h1-2H,3H2. The zero-order valence-corrected chi connectivity index (χ0v) is 8.29. The molecule has 0 fully saturated rings. The highest BCUT2D eigenvalue weighted by Crippen LogP contribution is 2.26. The van der Waals surface area contributed by atoms with Gasteiger partial charge in [-0.05, 0) is 12.1 Å². The fraction of sp³-hybridized carbons (Fsp3) is 0.222. The van der Waals surface area contributed by atoms with Crippen LogP contribution in [0, 0.1) is 11.6 Å². The first kappa shape index (κ1) is 12.9. The van der Waals surface area contributed by atoms with E-state index in [1.807, 2.05) is 0 Å². The number of hydrogen-bond donors (Lipinski definition) is 0. The number of ketones is 1. The molecule has 1 aromatic carbocycles. The Morgan fingerprint density at radius 2 is 1.69 bits per heavy atom. The van der Waals surface area contributed by atoms with E-state index in [1.54, 1.807) is 0 Å². The van der Waals surface area contributed by atoms with E-state index in [1.165, 1.54) is 0 Å². The molecule has 0 saturated carbocycles. The van der Waals surface area contributed by atoms with Crippen LogP contribution >= 0.6 is 11.6 Å². The van der Waals surface area contributed by atoms with Crippen LogP contribution in [0.5, 0.6) is 0 Å². The van der Waals surface area contributed by atoms with Gasteiger partial charge in [0.05, 0.1) is 5.02 Å². The Hall–Kier alpha value is -1.17. The van der Waals surface area contributed by atoms with E-state index in [0.29, 0.717) is 12.1 Å². The van der Waals surface area contributed by atoms with Crippen LogP contribution in [0.2, 0.25) is 5.02 Å². The Kier molecular flexibility index (Phi) is 3.52. The number of Topliss-reactive ketones (excluding diaryl/α,β-unsaturated/α-hetero) is 1. The molecule has 1 nitrogen and oxygen atoms in total. The third kappa shape index (κ3) is 2.69. The summed E-state index contributed by atoms with van der Waals surface area (Å²) in [7, 11) is 0. The van der Waals surface area contributed by atoms with Gasteiger partial charge in [-0.1, -0.05) is 11.6 Å². The van der Waals surface area contributed by atoms with Crippen LogP contribution in [-0.4, -0.2) is 12.0 Å². The topological polar surface area (TPSA) is 17.1 Å². The first-order valence-electron chi connectivity index (χ1n) is 3.96. The van der Waals surface area contributed by atoms with Crippen LogP contribution in [0.15, 0.2) is 12.1 Å². The van der Waals surface area contributed by atoms with Gasteiger partial charge in [0, 0.05) is 12.0 Å². The van der Waals surface area contributed by atoms with Gasteiger partial charge in [-0.15, -0.1) is 0 Å². The summed E-state index contributed by atoms with van der Waals surface area (Å²) in [6, 6.07) is 1.28. The maximum atomic E-state index is 13.0. The fourth-order valence-electron chi connectivity index (χ4n) is 0.992. The van der Waals surface area contributed by atoms with Gasteiger partial charge >= 0.3 is 6.18 Å². The predicted molar refractivity (Wildman–Crippen MR) is 46.1 cm³/mol. The summed E-state index contributed by atoms with van der Waals surface area (Å²) in [4.78, 5) is 10.6. The van der Waals surface area contributed by atoms with Gasteiger partial charge in [0.2, 0.25) is 5.78 Å². The van der Waals surface area contributed by atoms with Crippen molar-refractivity contribution in [2.75, 3.05) is 0 Å². The van der Waals surface area contributed by atoms with Gasteiger partial charge in [0.25, 0.3) is 0 Å². The van der Waals surface area contributed by atoms with Gasteiger partial charge < -0.3 is 0 Å². The van der Waals surface area contributed by atoms with Crippen LogP contribution in [0.25, 0.3) is 0 Å². The van der Waals surface area contributed by atoms with E-state index in [0.717, 1.165) is 0 Å². The minimum absolute atomic E-state index is 0.611. The monoisotopic (exact) mass is 258 g/mol. The van der Waals surface area contributed by atoms with Crippen LogP contribution < -0.4 is 0 Å². The quantitative estimate of drug-likeness (QED) is 0.588. The number of carbonyl (C=O) groups excluding carboxylic acids is 1. The lowest BCUT2D eigenvalue weighted by Crippen LogP contribution is -2.25. The summed E-state index contributed by atoms with van der Waals surface area (Å²) in [6.07, 6.45) is -6.41. The maximum absolute atomic E-state index is 13.0. The minimum Gasteiger partial charge on any atom is -0.289 e. The van der Waals surface area contributed by atoms with Crippen molar-refractivity contribution in [1.82, 2.24) is 0 Å². The first-order chi connectivity index (χ1) is 7.23. The lowest BCUT2D eigenvalue weighted by Gasteiger charge is -2.08. The molecule has 16 heavy (non-hydrogen) atoms. The van der Waals surface area contributed by atoms with Crippen LogP contribution in [0.1, 0.15) is 5.56 Å². The zero-order chi connectivity index (χ0) is 12.5. The molecule has 0 amide bonds. The average molecular weight is 259 g/mol. The Balaban J connectivity index is 3.07. The summed E-state index contributed by atoms with van der Waals surface area (Å²) < 4.78 is 61.5. The lowest BCUT2D eigenvalue weighted by atomic mass is 10.1. The van der Waals surface area contributed by atoms with Crippen molar-refractivity contribution in [3.8, 4) is 0 Å². The molecule has 0 aliphatic rings. The Bertz CT molecular complexity index is 427. The normalized spacial score (nSPS) is 11.6. The average Bonchev–Trinajstić information content (AvgIpc) is 2.17. The second kappa shape index (κ2) is 4.37. The SMILES string of the molecule is O=C(Cc1c(F)ccc(F)c1Cl)C(F)(F)F. The van der Waals surface area contributed by atoms with Crippen molar-refractivity contribution >= 4 is 17.4 Å². The molecule has 88 valence electrons. The van der Waals surface area contributed by atoms with Gasteiger partial charge in [0.15, 0.2) is 0 Å². The molecule has 0 heterocycles. The van der Waals surface area contributed by atoms with Crippen molar-refractivity contribution in [1.29, 1.82) is 0 Å². The van der Waals surface area contributed by atoms with Gasteiger partial charge in [0.1, 0.15) is 11.6 Å². The summed E-state index contributed by atoms with van der Waals surface area (Å²) in [5, 5.41) is -0.808. The van der Waals surface area contributed by atoms with Crippen molar-refractivity contribution in [3.05, 3.63) is 34.4 Å². The van der Waals surface area contributed by atoms with E-state index in [-0.39, 0.29) is 0 Å². The minimum atomic E-state index is -5.10. The van der Waals surface area contributed by atoms with E-state index in [4.69, 9.17) is 11.6 Å². The first-order valence-corrected chi connectivity index (χ1v) is 4.33. The smallest absolute Gasteiger partial charge is 0.289 e. The second-order valence-corrected chi connectivity index (χ2v) is 3.30. The third-order valence-electron chi connectivity index (χ3n) is 1.79.